The molecule has 354 valence electrons. The number of nitriles is 2. The molecule has 7 heteroatoms. The van der Waals surface area contributed by atoms with Gasteiger partial charge in [0.05, 0.1) is 57.4 Å². The molecule has 0 saturated carbocycles. The molecule has 76 heavy (non-hydrogen) atoms. The standard InChI is InChI=1S/C69H43N7/c70-44-48-23-18-26-51(39-48)52-36-38-58(66(43-52)76-63-33-16-12-29-55(63)60(41-47-21-6-2-7-22-47)56-30-13-17-34-64(56)76)69-73-67(50-24-8-3-9-25-50)72-68(74-69)57-37-35-49(45-71)42-65(57)75-61-31-14-10-27-53(61)59(40-46-19-4-1-5-20-46)54-28-11-15-32-62(54)75/h1-43H. The maximum atomic E-state index is 10.6. The lowest BCUT2D eigenvalue weighted by molar-refractivity contribution is 1.07. The molecule has 0 N–H and O–H groups in total. The monoisotopic (exact) mass is 969 g/mol. The molecule has 2 aliphatic rings. The number of hydrogen-bond donors (Lipinski definition) is 0. The summed E-state index contributed by atoms with van der Waals surface area (Å²) in [7, 11) is 0. The van der Waals surface area contributed by atoms with E-state index in [4.69, 9.17) is 15.0 Å². The van der Waals surface area contributed by atoms with Gasteiger partial charge in [0.25, 0.3) is 0 Å². The first-order valence-corrected chi connectivity index (χ1v) is 25.1. The summed E-state index contributed by atoms with van der Waals surface area (Å²) in [4.78, 5) is 20.8. The van der Waals surface area contributed by atoms with Crippen LogP contribution in [0.5, 0.6) is 0 Å². The fourth-order valence-electron chi connectivity index (χ4n) is 10.6. The van der Waals surface area contributed by atoms with Crippen molar-refractivity contribution >= 4 is 57.4 Å². The van der Waals surface area contributed by atoms with Gasteiger partial charge in [0.15, 0.2) is 17.5 Å². The highest BCUT2D eigenvalue weighted by Crippen LogP contribution is 2.54. The minimum atomic E-state index is 0.438. The van der Waals surface area contributed by atoms with E-state index in [9.17, 15) is 10.5 Å². The highest BCUT2D eigenvalue weighted by Gasteiger charge is 2.32. The predicted molar refractivity (Wildman–Crippen MR) is 307 cm³/mol. The number of hydrogen-bond acceptors (Lipinski definition) is 7. The molecule has 13 rings (SSSR count). The summed E-state index contributed by atoms with van der Waals surface area (Å²) in [6.45, 7) is 0. The van der Waals surface area contributed by atoms with E-state index in [1.807, 2.05) is 84.9 Å². The van der Waals surface area contributed by atoms with Crippen LogP contribution >= 0.6 is 0 Å². The zero-order valence-corrected chi connectivity index (χ0v) is 41.0. The van der Waals surface area contributed by atoms with Crippen LogP contribution in [0.2, 0.25) is 0 Å². The van der Waals surface area contributed by atoms with Crippen molar-refractivity contribution in [1.29, 1.82) is 10.5 Å². The minimum Gasteiger partial charge on any atom is -0.308 e. The van der Waals surface area contributed by atoms with Crippen LogP contribution in [0.1, 0.15) is 44.5 Å². The van der Waals surface area contributed by atoms with Crippen LogP contribution in [0.3, 0.4) is 0 Å². The topological polar surface area (TPSA) is 92.7 Å². The van der Waals surface area contributed by atoms with Crippen LogP contribution < -0.4 is 9.80 Å². The molecule has 10 aromatic carbocycles. The Labute approximate surface area is 441 Å². The van der Waals surface area contributed by atoms with Crippen LogP contribution in [-0.2, 0) is 0 Å². The lowest BCUT2D eigenvalue weighted by atomic mass is 9.87. The summed E-state index contributed by atoms with van der Waals surface area (Å²) in [5, 5.41) is 20.6. The Morgan fingerprint density at radius 3 is 1.16 bits per heavy atom. The molecular formula is C69H43N7. The summed E-state index contributed by atoms with van der Waals surface area (Å²) in [5.41, 5.74) is 19.3. The van der Waals surface area contributed by atoms with Crippen molar-refractivity contribution in [3.05, 3.63) is 293 Å². The van der Waals surface area contributed by atoms with Gasteiger partial charge in [-0.25, -0.2) is 15.0 Å². The van der Waals surface area contributed by atoms with Crippen LogP contribution in [0.15, 0.2) is 249 Å². The van der Waals surface area contributed by atoms with Gasteiger partial charge >= 0.3 is 0 Å². The molecule has 1 aromatic heterocycles. The SMILES string of the molecule is N#Cc1cccc(-c2ccc(-c3nc(-c4ccccc4)nc(-c4ccc(C#N)cc4N4c5ccccc5C(=Cc5ccccc5)c5ccccc54)n3)c(N3c4ccccc4C(=Cc4ccccc4)c4ccccc43)c2)c1. The van der Waals surface area contributed by atoms with Gasteiger partial charge in [-0.15, -0.1) is 0 Å². The Morgan fingerprint density at radius 1 is 0.289 bits per heavy atom. The average molecular weight is 970 g/mol. The third-order valence-electron chi connectivity index (χ3n) is 14.0. The molecule has 0 radical (unpaired) electrons. The van der Waals surface area contributed by atoms with Gasteiger partial charge in [-0.3, -0.25) is 0 Å². The molecule has 11 aromatic rings. The third kappa shape index (κ3) is 8.17. The molecule has 0 bridgehead atoms. The molecule has 0 amide bonds. The van der Waals surface area contributed by atoms with Crippen molar-refractivity contribution < 1.29 is 0 Å². The van der Waals surface area contributed by atoms with Gasteiger partial charge in [-0.05, 0) is 112 Å². The van der Waals surface area contributed by atoms with E-state index in [1.54, 1.807) is 0 Å². The summed E-state index contributed by atoms with van der Waals surface area (Å²) in [6.07, 6.45) is 4.51. The maximum absolute atomic E-state index is 10.6. The van der Waals surface area contributed by atoms with Crippen molar-refractivity contribution in [2.24, 2.45) is 0 Å². The Balaban J connectivity index is 1.06. The van der Waals surface area contributed by atoms with Crippen molar-refractivity contribution in [3.63, 3.8) is 0 Å². The minimum absolute atomic E-state index is 0.438. The van der Waals surface area contributed by atoms with E-state index in [1.165, 1.54) is 0 Å². The summed E-state index contributed by atoms with van der Waals surface area (Å²) < 4.78 is 0. The second kappa shape index (κ2) is 19.4. The summed E-state index contributed by atoms with van der Waals surface area (Å²) in [6, 6.07) is 89.3. The molecule has 2 aliphatic heterocycles. The Morgan fingerprint density at radius 2 is 0.671 bits per heavy atom. The number of para-hydroxylation sites is 4. The van der Waals surface area contributed by atoms with E-state index < -0.39 is 0 Å². The van der Waals surface area contributed by atoms with E-state index in [-0.39, 0.29) is 0 Å². The molecule has 0 aliphatic carbocycles. The Bertz CT molecular complexity index is 4110. The van der Waals surface area contributed by atoms with Gasteiger partial charge in [-0.2, -0.15) is 10.5 Å². The lowest BCUT2D eigenvalue weighted by Crippen LogP contribution is -2.19. The first-order valence-electron chi connectivity index (χ1n) is 25.1. The molecule has 0 saturated heterocycles. The van der Waals surface area contributed by atoms with E-state index in [2.05, 4.69) is 198 Å². The van der Waals surface area contributed by atoms with Gasteiger partial charge in [0.2, 0.25) is 0 Å². The fourth-order valence-corrected chi connectivity index (χ4v) is 10.6. The number of rotatable bonds is 8. The second-order valence-corrected chi connectivity index (χ2v) is 18.6. The van der Waals surface area contributed by atoms with E-state index in [0.717, 1.165) is 106 Å². The third-order valence-corrected chi connectivity index (χ3v) is 14.0. The average Bonchev–Trinajstić information content (AvgIpc) is 3.50. The largest absolute Gasteiger partial charge is 0.308 e. The van der Waals surface area contributed by atoms with Gasteiger partial charge in [0.1, 0.15) is 0 Å². The van der Waals surface area contributed by atoms with Crippen LogP contribution in [-0.4, -0.2) is 15.0 Å². The number of aromatic nitrogens is 3. The second-order valence-electron chi connectivity index (χ2n) is 18.6. The molecule has 0 atom stereocenters. The molecular weight excluding hydrogens is 927 g/mol. The smallest absolute Gasteiger partial charge is 0.166 e. The number of benzene rings is 10. The molecule has 0 spiro atoms. The number of fused-ring (bicyclic) bond motifs is 4. The van der Waals surface area contributed by atoms with Gasteiger partial charge in [-0.1, -0.05) is 182 Å². The number of nitrogens with zero attached hydrogens (tertiary/aromatic N) is 7. The van der Waals surface area contributed by atoms with Crippen molar-refractivity contribution in [1.82, 2.24) is 15.0 Å². The first kappa shape index (κ1) is 45.2. The van der Waals surface area contributed by atoms with Crippen molar-refractivity contribution in [2.45, 2.75) is 0 Å². The molecule has 0 fully saturated rings. The lowest BCUT2D eigenvalue weighted by Gasteiger charge is -2.36. The van der Waals surface area contributed by atoms with Crippen LogP contribution in [0, 0.1) is 22.7 Å². The summed E-state index contributed by atoms with van der Waals surface area (Å²) in [5.74, 6) is 1.39. The van der Waals surface area contributed by atoms with E-state index >= 15 is 0 Å². The van der Waals surface area contributed by atoms with E-state index in [0.29, 0.717) is 28.6 Å². The molecule has 3 heterocycles. The molecule has 0 unspecified atom stereocenters. The predicted octanol–water partition coefficient (Wildman–Crippen LogP) is 17.0. The first-order chi connectivity index (χ1) is 37.6. The fraction of sp³-hybridized carbons (Fsp3) is 0. The van der Waals surface area contributed by atoms with Gasteiger partial charge in [0, 0.05) is 38.9 Å². The zero-order valence-electron chi connectivity index (χ0n) is 41.0. The van der Waals surface area contributed by atoms with Crippen molar-refractivity contribution in [2.75, 3.05) is 9.80 Å². The Hall–Kier alpha value is -10.7. The van der Waals surface area contributed by atoms with Crippen LogP contribution in [0.4, 0.5) is 34.1 Å². The van der Waals surface area contributed by atoms with Crippen molar-refractivity contribution in [3.8, 4) is 57.4 Å². The zero-order chi connectivity index (χ0) is 51.0. The van der Waals surface area contributed by atoms with Gasteiger partial charge < -0.3 is 9.80 Å². The van der Waals surface area contributed by atoms with Crippen LogP contribution in [0.25, 0.3) is 68.6 Å². The maximum Gasteiger partial charge on any atom is 0.166 e. The highest BCUT2D eigenvalue weighted by atomic mass is 15.2. The number of anilines is 6. The normalized spacial score (nSPS) is 12.1. The quantitative estimate of drug-likeness (QED) is 0.150. The Kier molecular flexibility index (Phi) is 11.5. The molecule has 7 nitrogen and oxygen atoms in total. The highest BCUT2D eigenvalue weighted by molar-refractivity contribution is 6.09. The summed E-state index contributed by atoms with van der Waals surface area (Å²) >= 11 is 0.